The lowest BCUT2D eigenvalue weighted by atomic mass is 9.85. The maximum absolute atomic E-state index is 12.7. The molecular formula is C20H31NO7. The molecule has 2 rings (SSSR count). The molecule has 1 fully saturated rings. The van der Waals surface area contributed by atoms with Crippen LogP contribution in [-0.2, 0) is 19.1 Å². The Kier molecular flexibility index (Phi) is 6.70. The monoisotopic (exact) mass is 397 g/mol. The van der Waals surface area contributed by atoms with E-state index in [-0.39, 0.29) is 13.2 Å². The lowest BCUT2D eigenvalue weighted by Crippen LogP contribution is -2.55. The fourth-order valence-electron chi connectivity index (χ4n) is 3.85. The molecule has 158 valence electrons. The Hall–Kier alpha value is -1.74. The predicted molar refractivity (Wildman–Crippen MR) is 102 cm³/mol. The maximum Gasteiger partial charge on any atom is 0.342 e. The van der Waals surface area contributed by atoms with Crippen molar-refractivity contribution in [2.75, 3.05) is 19.7 Å². The number of fused-ring (bicyclic) bond motifs is 1. The van der Waals surface area contributed by atoms with Crippen molar-refractivity contribution in [3.8, 4) is 0 Å². The Balaban J connectivity index is 2.07. The van der Waals surface area contributed by atoms with Crippen molar-refractivity contribution in [3.63, 3.8) is 0 Å². The fraction of sp³-hybridized carbons (Fsp3) is 0.700. The number of carbonyl (C=O) groups is 2. The van der Waals surface area contributed by atoms with Crippen molar-refractivity contribution < 1.29 is 33.9 Å². The summed E-state index contributed by atoms with van der Waals surface area (Å²) in [6.45, 7) is 8.34. The van der Waals surface area contributed by atoms with Gasteiger partial charge in [0.25, 0.3) is 0 Å². The van der Waals surface area contributed by atoms with Gasteiger partial charge < -0.3 is 29.5 Å². The minimum atomic E-state index is -2.04. The van der Waals surface area contributed by atoms with Crippen molar-refractivity contribution in [2.45, 2.75) is 64.9 Å². The van der Waals surface area contributed by atoms with Crippen LogP contribution in [0.5, 0.6) is 0 Å². The number of hydroxylamine groups is 3. The van der Waals surface area contributed by atoms with Gasteiger partial charge >= 0.3 is 11.9 Å². The second kappa shape index (κ2) is 8.32. The van der Waals surface area contributed by atoms with Crippen LogP contribution in [-0.4, -0.2) is 70.3 Å². The van der Waals surface area contributed by atoms with Crippen molar-refractivity contribution in [1.82, 2.24) is 0 Å². The number of aliphatic hydroxyl groups is 2. The second-order valence-corrected chi connectivity index (χ2v) is 8.01. The average molecular weight is 397 g/mol. The molecule has 0 aromatic rings. The molecule has 2 N–H and O–H groups in total. The number of hydrogen-bond donors (Lipinski definition) is 2. The summed E-state index contributed by atoms with van der Waals surface area (Å²) in [5.41, 5.74) is -1.11. The molecular weight excluding hydrogens is 366 g/mol. The Morgan fingerprint density at radius 3 is 2.64 bits per heavy atom. The second-order valence-electron chi connectivity index (χ2n) is 8.01. The number of carbonyl (C=O) groups excluding carboxylic acids is 2. The van der Waals surface area contributed by atoms with Gasteiger partial charge in [-0.25, -0.2) is 9.59 Å². The first-order valence-corrected chi connectivity index (χ1v) is 9.65. The third kappa shape index (κ3) is 4.00. The molecule has 1 unspecified atom stereocenters. The number of ether oxygens (including phenoxy) is 2. The Morgan fingerprint density at radius 1 is 1.43 bits per heavy atom. The van der Waals surface area contributed by atoms with Crippen molar-refractivity contribution in [3.05, 3.63) is 28.5 Å². The molecule has 2 aliphatic heterocycles. The first-order chi connectivity index (χ1) is 13.0. The molecule has 0 aliphatic carbocycles. The molecule has 2 aliphatic rings. The normalized spacial score (nSPS) is 30.5. The van der Waals surface area contributed by atoms with Gasteiger partial charge in [0.1, 0.15) is 24.9 Å². The molecule has 8 heteroatoms. The number of nitrogens with zero attached hydrogens (tertiary/aromatic N) is 1. The number of quaternary nitrogens is 1. The molecule has 0 saturated carbocycles. The third-order valence-electron chi connectivity index (χ3n) is 5.95. The molecule has 1 saturated heterocycles. The summed E-state index contributed by atoms with van der Waals surface area (Å²) >= 11 is 0. The van der Waals surface area contributed by atoms with Gasteiger partial charge in [0.15, 0.2) is 0 Å². The highest BCUT2D eigenvalue weighted by Crippen LogP contribution is 2.36. The van der Waals surface area contributed by atoms with Crippen LogP contribution in [0.15, 0.2) is 23.3 Å². The van der Waals surface area contributed by atoms with E-state index in [0.717, 1.165) is 0 Å². The smallest absolute Gasteiger partial charge is 0.342 e. The zero-order chi connectivity index (χ0) is 21.3. The molecule has 0 spiro atoms. The Morgan fingerprint density at radius 2 is 2.07 bits per heavy atom. The largest absolute Gasteiger partial charge is 0.632 e. The summed E-state index contributed by atoms with van der Waals surface area (Å²) in [5, 5.41) is 33.7. The molecule has 0 radical (unpaired) electrons. The summed E-state index contributed by atoms with van der Waals surface area (Å²) in [5.74, 6) is -2.13. The fourth-order valence-corrected chi connectivity index (χ4v) is 3.85. The summed E-state index contributed by atoms with van der Waals surface area (Å²) in [6, 6.07) is -0.632. The quantitative estimate of drug-likeness (QED) is 0.218. The van der Waals surface area contributed by atoms with Crippen LogP contribution >= 0.6 is 0 Å². The Bertz CT molecular complexity index is 686. The van der Waals surface area contributed by atoms with E-state index >= 15 is 0 Å². The van der Waals surface area contributed by atoms with Crippen molar-refractivity contribution in [1.29, 1.82) is 0 Å². The van der Waals surface area contributed by atoms with E-state index in [1.54, 1.807) is 39.8 Å². The van der Waals surface area contributed by atoms with E-state index in [9.17, 15) is 25.0 Å². The molecule has 0 aromatic heterocycles. The molecule has 0 bridgehead atoms. The summed E-state index contributed by atoms with van der Waals surface area (Å²) < 4.78 is 10.1. The van der Waals surface area contributed by atoms with Gasteiger partial charge in [-0.2, -0.15) is 0 Å². The molecule has 28 heavy (non-hydrogen) atoms. The topological polar surface area (TPSA) is 116 Å². The van der Waals surface area contributed by atoms with Crippen LogP contribution in [0.1, 0.15) is 41.0 Å². The predicted octanol–water partition coefficient (Wildman–Crippen LogP) is 1.20. The lowest BCUT2D eigenvalue weighted by molar-refractivity contribution is -0.877. The minimum Gasteiger partial charge on any atom is -0.632 e. The van der Waals surface area contributed by atoms with Gasteiger partial charge in [-0.3, -0.25) is 0 Å². The number of allylic oxidation sites excluding steroid dienone is 1. The van der Waals surface area contributed by atoms with E-state index in [1.807, 2.05) is 0 Å². The molecule has 0 aromatic carbocycles. The van der Waals surface area contributed by atoms with Crippen LogP contribution in [0.3, 0.4) is 0 Å². The van der Waals surface area contributed by atoms with Gasteiger partial charge in [-0.05, 0) is 32.8 Å². The van der Waals surface area contributed by atoms with Gasteiger partial charge in [0.05, 0.1) is 13.1 Å². The zero-order valence-corrected chi connectivity index (χ0v) is 17.2. The standard InChI is InChI=1S/C20H31NO7/c1-6-13(4)18(23)28-14(5)20(25,12(2)3)19(24)27-11-15-7-9-21(26)10-8-16(22)17(15)21/h6-7,12,14,16-17,22,25H,8-11H2,1-5H3/b13-6+/t14-,16+,17+,20-,21?/m0/s1. The summed E-state index contributed by atoms with van der Waals surface area (Å²) in [6.07, 6.45) is 1.78. The number of aliphatic hydroxyl groups excluding tert-OH is 1. The number of esters is 2. The molecule has 8 nitrogen and oxygen atoms in total. The van der Waals surface area contributed by atoms with Crippen LogP contribution in [0, 0.1) is 11.1 Å². The van der Waals surface area contributed by atoms with E-state index in [0.29, 0.717) is 24.1 Å². The zero-order valence-electron chi connectivity index (χ0n) is 17.2. The average Bonchev–Trinajstić information content (AvgIpc) is 3.13. The summed E-state index contributed by atoms with van der Waals surface area (Å²) in [7, 11) is 0. The third-order valence-corrected chi connectivity index (χ3v) is 5.95. The first kappa shape index (κ1) is 22.5. The van der Waals surface area contributed by atoms with Crippen LogP contribution in [0.4, 0.5) is 0 Å². The first-order valence-electron chi connectivity index (χ1n) is 9.65. The van der Waals surface area contributed by atoms with Gasteiger partial charge in [0, 0.05) is 17.6 Å². The Labute approximate surface area is 165 Å². The van der Waals surface area contributed by atoms with E-state index in [4.69, 9.17) is 9.47 Å². The van der Waals surface area contributed by atoms with Gasteiger partial charge in [-0.15, -0.1) is 0 Å². The van der Waals surface area contributed by atoms with Crippen LogP contribution < -0.4 is 0 Å². The van der Waals surface area contributed by atoms with Gasteiger partial charge in [-0.1, -0.05) is 19.9 Å². The highest BCUT2D eigenvalue weighted by molar-refractivity contribution is 5.88. The molecule has 0 amide bonds. The highest BCUT2D eigenvalue weighted by Gasteiger charge is 2.50. The van der Waals surface area contributed by atoms with Gasteiger partial charge in [0.2, 0.25) is 5.60 Å². The maximum atomic E-state index is 12.7. The van der Waals surface area contributed by atoms with E-state index in [1.165, 1.54) is 6.92 Å². The number of rotatable bonds is 7. The molecule has 2 heterocycles. The van der Waals surface area contributed by atoms with Crippen molar-refractivity contribution >= 4 is 11.9 Å². The lowest BCUT2D eigenvalue weighted by Gasteiger charge is -2.40. The van der Waals surface area contributed by atoms with E-state index < -0.39 is 46.4 Å². The van der Waals surface area contributed by atoms with Crippen LogP contribution in [0.2, 0.25) is 0 Å². The highest BCUT2D eigenvalue weighted by atomic mass is 16.6. The van der Waals surface area contributed by atoms with Crippen LogP contribution in [0.25, 0.3) is 0 Å². The summed E-state index contributed by atoms with van der Waals surface area (Å²) in [4.78, 5) is 24.7. The van der Waals surface area contributed by atoms with Crippen molar-refractivity contribution in [2.24, 2.45) is 5.92 Å². The SMILES string of the molecule is C/C=C(\C)C(=O)O[C@@H](C)[C@](O)(C(=O)OCC1=CC[N+]2([O-])CC[C@@H](O)[C@@H]12)C(C)C. The van der Waals surface area contributed by atoms with E-state index in [2.05, 4.69) is 0 Å². The molecule has 5 atom stereocenters. The minimum absolute atomic E-state index is 0.188. The number of hydrogen-bond acceptors (Lipinski definition) is 7.